The van der Waals surface area contributed by atoms with Crippen LogP contribution < -0.4 is 21.1 Å². The van der Waals surface area contributed by atoms with Gasteiger partial charge < -0.3 is 30.7 Å². The minimum absolute atomic E-state index is 0.249. The van der Waals surface area contributed by atoms with Gasteiger partial charge in [0.05, 0.1) is 13.5 Å². The maximum absolute atomic E-state index is 14.0. The minimum Gasteiger partial charge on any atom is -0.497 e. The van der Waals surface area contributed by atoms with Crippen molar-refractivity contribution >= 4 is 29.5 Å². The molecule has 2 aromatic carbocycles. The molecule has 1 aliphatic rings. The fraction of sp³-hybridized carbons (Fsp3) is 0.448. The summed E-state index contributed by atoms with van der Waals surface area (Å²) < 4.78 is 10.5. The molecule has 1 saturated carbocycles. The maximum atomic E-state index is 14.0. The van der Waals surface area contributed by atoms with Crippen LogP contribution in [0.4, 0.5) is 10.5 Å². The van der Waals surface area contributed by atoms with Crippen LogP contribution in [-0.2, 0) is 19.1 Å². The van der Waals surface area contributed by atoms with E-state index in [2.05, 4.69) is 10.6 Å². The third-order valence-corrected chi connectivity index (χ3v) is 6.03. The predicted molar refractivity (Wildman–Crippen MR) is 147 cm³/mol. The van der Waals surface area contributed by atoms with Gasteiger partial charge in [-0.05, 0) is 77.3 Å². The molecular weight excluding hydrogens is 500 g/mol. The smallest absolute Gasteiger partial charge is 0.408 e. The first-order valence-electron chi connectivity index (χ1n) is 12.9. The Bertz CT molecular complexity index is 1200. The number of primary amides is 1. The lowest BCUT2D eigenvalue weighted by Gasteiger charge is -2.34. The van der Waals surface area contributed by atoms with Crippen LogP contribution in [0.3, 0.4) is 0 Å². The van der Waals surface area contributed by atoms with E-state index in [-0.39, 0.29) is 6.04 Å². The summed E-state index contributed by atoms with van der Waals surface area (Å²) in [6.45, 7) is 8.89. The van der Waals surface area contributed by atoms with Crippen LogP contribution in [0.5, 0.6) is 5.75 Å². The van der Waals surface area contributed by atoms with Crippen LogP contribution in [-0.4, -0.2) is 53.5 Å². The van der Waals surface area contributed by atoms with E-state index in [1.807, 2.05) is 32.0 Å². The molecule has 0 saturated heterocycles. The molecule has 3 rings (SSSR count). The van der Waals surface area contributed by atoms with Gasteiger partial charge in [-0.3, -0.25) is 14.4 Å². The number of hydrogen-bond acceptors (Lipinski definition) is 6. The van der Waals surface area contributed by atoms with Crippen LogP contribution in [0.25, 0.3) is 0 Å². The van der Waals surface area contributed by atoms with E-state index in [9.17, 15) is 19.2 Å². The number of rotatable bonds is 10. The summed E-state index contributed by atoms with van der Waals surface area (Å²) >= 11 is 0. The molecule has 0 heterocycles. The van der Waals surface area contributed by atoms with Gasteiger partial charge in [-0.1, -0.05) is 29.3 Å². The molecule has 1 fully saturated rings. The first-order valence-corrected chi connectivity index (χ1v) is 12.9. The van der Waals surface area contributed by atoms with E-state index in [4.69, 9.17) is 15.2 Å². The van der Waals surface area contributed by atoms with Crippen molar-refractivity contribution in [2.45, 2.75) is 77.6 Å². The number of carbonyl (C=O) groups is 4. The average Bonchev–Trinajstić information content (AvgIpc) is 3.65. The zero-order chi connectivity index (χ0) is 28.9. The summed E-state index contributed by atoms with van der Waals surface area (Å²) in [5, 5.41) is 5.41. The van der Waals surface area contributed by atoms with Gasteiger partial charge in [-0.25, -0.2) is 4.79 Å². The van der Waals surface area contributed by atoms with Gasteiger partial charge in [-0.2, -0.15) is 0 Å². The molecule has 210 valence electrons. The molecule has 39 heavy (non-hydrogen) atoms. The summed E-state index contributed by atoms with van der Waals surface area (Å²) in [5.41, 5.74) is 7.63. The van der Waals surface area contributed by atoms with Crippen LogP contribution in [0.15, 0.2) is 42.5 Å². The van der Waals surface area contributed by atoms with E-state index >= 15 is 0 Å². The third kappa shape index (κ3) is 8.46. The Kier molecular flexibility index (Phi) is 9.21. The Labute approximate surface area is 229 Å². The fourth-order valence-corrected chi connectivity index (χ4v) is 4.39. The molecule has 10 nitrogen and oxygen atoms in total. The number of ether oxygens (including phenoxy) is 2. The van der Waals surface area contributed by atoms with E-state index in [0.29, 0.717) is 29.8 Å². The molecule has 1 aliphatic carbocycles. The largest absolute Gasteiger partial charge is 0.497 e. The molecule has 0 aliphatic heterocycles. The second kappa shape index (κ2) is 12.2. The summed E-state index contributed by atoms with van der Waals surface area (Å²) in [4.78, 5) is 53.9. The van der Waals surface area contributed by atoms with E-state index in [1.54, 1.807) is 52.1 Å². The lowest BCUT2D eigenvalue weighted by Crippen LogP contribution is -2.54. The van der Waals surface area contributed by atoms with Crippen molar-refractivity contribution in [1.82, 2.24) is 10.2 Å². The number of hydrogen-bond donors (Lipinski definition) is 3. The van der Waals surface area contributed by atoms with Gasteiger partial charge in [-0.15, -0.1) is 0 Å². The quantitative estimate of drug-likeness (QED) is 0.421. The van der Waals surface area contributed by atoms with E-state index in [1.165, 1.54) is 4.90 Å². The van der Waals surface area contributed by atoms with Crippen molar-refractivity contribution in [3.8, 4) is 5.75 Å². The van der Waals surface area contributed by atoms with Crippen molar-refractivity contribution in [1.29, 1.82) is 0 Å². The first-order chi connectivity index (χ1) is 18.3. The summed E-state index contributed by atoms with van der Waals surface area (Å²) in [5.74, 6) is -1.15. The number of methoxy groups -OCH3 is 1. The van der Waals surface area contributed by atoms with Gasteiger partial charge in [0.15, 0.2) is 0 Å². The highest BCUT2D eigenvalue weighted by Crippen LogP contribution is 2.37. The highest BCUT2D eigenvalue weighted by atomic mass is 16.6. The van der Waals surface area contributed by atoms with Crippen LogP contribution in [0.2, 0.25) is 0 Å². The fourth-order valence-electron chi connectivity index (χ4n) is 4.39. The summed E-state index contributed by atoms with van der Waals surface area (Å²) in [6, 6.07) is 9.97. The van der Waals surface area contributed by atoms with Crippen molar-refractivity contribution in [3.63, 3.8) is 0 Å². The number of amides is 4. The highest BCUT2D eigenvalue weighted by Gasteiger charge is 2.44. The Morgan fingerprint density at radius 1 is 1.03 bits per heavy atom. The molecule has 2 aromatic rings. The second-order valence-corrected chi connectivity index (χ2v) is 10.9. The zero-order valence-corrected chi connectivity index (χ0v) is 23.4. The normalized spacial score (nSPS) is 14.5. The van der Waals surface area contributed by atoms with Crippen molar-refractivity contribution < 1.29 is 28.7 Å². The number of anilines is 1. The van der Waals surface area contributed by atoms with Crippen molar-refractivity contribution in [2.75, 3.05) is 12.4 Å². The Morgan fingerprint density at radius 2 is 1.62 bits per heavy atom. The van der Waals surface area contributed by atoms with Crippen LogP contribution in [0, 0.1) is 13.8 Å². The molecule has 4 amide bonds. The zero-order valence-electron chi connectivity index (χ0n) is 23.4. The Hall–Kier alpha value is -4.08. The summed E-state index contributed by atoms with van der Waals surface area (Å²) in [6.07, 6.45) is 0.0569. The average molecular weight is 539 g/mol. The first kappa shape index (κ1) is 29.5. The standard InChI is InChI=1S/C29H38N4O6/c1-17-13-18(2)15-19(14-17)25(26(35)31-20-7-11-22(38-6)12-8-20)33(21-9-10-21)27(36)23(16-24(30)34)32-28(37)39-29(3,4)5/h7-8,11-15,21,23,25H,9-10,16H2,1-6H3,(H2,30,34)(H,31,35)(H,32,37). The van der Waals surface area contributed by atoms with Crippen LogP contribution in [0.1, 0.15) is 62.8 Å². The number of alkyl carbamates (subject to hydrolysis) is 1. The monoisotopic (exact) mass is 538 g/mol. The maximum Gasteiger partial charge on any atom is 0.408 e. The van der Waals surface area contributed by atoms with Gasteiger partial charge in [0.2, 0.25) is 11.8 Å². The third-order valence-electron chi connectivity index (χ3n) is 6.03. The molecule has 10 heteroatoms. The number of nitrogens with zero attached hydrogens (tertiary/aromatic N) is 1. The molecule has 2 unspecified atom stereocenters. The molecule has 0 radical (unpaired) electrons. The number of nitrogens with one attached hydrogen (secondary N) is 2. The van der Waals surface area contributed by atoms with Gasteiger partial charge in [0.1, 0.15) is 23.4 Å². The lowest BCUT2D eigenvalue weighted by atomic mass is 9.98. The number of nitrogens with two attached hydrogens (primary N) is 1. The highest BCUT2D eigenvalue weighted by molar-refractivity contribution is 6.00. The molecule has 0 bridgehead atoms. The van der Waals surface area contributed by atoms with E-state index < -0.39 is 47.9 Å². The van der Waals surface area contributed by atoms with Gasteiger partial charge in [0, 0.05) is 11.7 Å². The number of aryl methyl sites for hydroxylation is 2. The molecular formula is C29H38N4O6. The number of carbonyl (C=O) groups excluding carboxylic acids is 4. The van der Waals surface area contributed by atoms with E-state index in [0.717, 1.165) is 11.1 Å². The Morgan fingerprint density at radius 3 is 2.10 bits per heavy atom. The molecule has 0 aromatic heterocycles. The predicted octanol–water partition coefficient (Wildman–Crippen LogP) is 3.75. The van der Waals surface area contributed by atoms with Gasteiger partial charge in [0.25, 0.3) is 5.91 Å². The SMILES string of the molecule is COc1ccc(NC(=O)C(c2cc(C)cc(C)c2)N(C(=O)C(CC(N)=O)NC(=O)OC(C)(C)C)C2CC2)cc1. The molecule has 2 atom stereocenters. The molecule has 4 N–H and O–H groups in total. The van der Waals surface area contributed by atoms with Crippen molar-refractivity contribution in [3.05, 3.63) is 59.2 Å². The molecule has 0 spiro atoms. The number of benzene rings is 2. The Balaban J connectivity index is 2.01. The topological polar surface area (TPSA) is 140 Å². The minimum atomic E-state index is -1.31. The van der Waals surface area contributed by atoms with Gasteiger partial charge >= 0.3 is 6.09 Å². The summed E-state index contributed by atoms with van der Waals surface area (Å²) in [7, 11) is 1.55. The van der Waals surface area contributed by atoms with Crippen LogP contribution >= 0.6 is 0 Å². The second-order valence-electron chi connectivity index (χ2n) is 10.9. The lowest BCUT2D eigenvalue weighted by molar-refractivity contribution is -0.142. The van der Waals surface area contributed by atoms with Crippen molar-refractivity contribution in [2.24, 2.45) is 5.73 Å².